The van der Waals surface area contributed by atoms with Crippen LogP contribution in [-0.2, 0) is 12.8 Å². The first-order valence-electron chi connectivity index (χ1n) is 8.39. The number of ether oxygens (including phenoxy) is 2. The maximum absolute atomic E-state index is 10.9. The Morgan fingerprint density at radius 2 is 1.79 bits per heavy atom. The Morgan fingerprint density at radius 3 is 2.50 bits per heavy atom. The zero-order valence-corrected chi connectivity index (χ0v) is 14.7. The maximum atomic E-state index is 10.9. The lowest BCUT2D eigenvalue weighted by atomic mass is 9.75. The second kappa shape index (κ2) is 5.15. The number of quaternary nitrogens is 1. The highest BCUT2D eigenvalue weighted by Crippen LogP contribution is 2.55. The number of aromatic hydroxyl groups is 1. The summed E-state index contributed by atoms with van der Waals surface area (Å²) in [6.07, 6.45) is 1.96. The van der Waals surface area contributed by atoms with Gasteiger partial charge in [-0.1, -0.05) is 12.1 Å². The Balaban J connectivity index is 2.11. The Hall–Kier alpha value is -2.20. The first-order valence-corrected chi connectivity index (χ1v) is 8.39. The third-order valence-corrected chi connectivity index (χ3v) is 5.74. The van der Waals surface area contributed by atoms with Gasteiger partial charge < -0.3 is 19.1 Å². The zero-order valence-electron chi connectivity index (χ0n) is 14.7. The van der Waals surface area contributed by atoms with Crippen molar-refractivity contribution in [3.05, 3.63) is 41.0 Å². The SMILES string of the molecule is COc1cc2c3c(c1O)-c1c(cccc1OC)C[C@@H]3[N+](C)(C)CC2. The van der Waals surface area contributed by atoms with Gasteiger partial charge in [-0.25, -0.2) is 0 Å². The Bertz CT molecular complexity index is 826. The summed E-state index contributed by atoms with van der Waals surface area (Å²) in [4.78, 5) is 0. The summed E-state index contributed by atoms with van der Waals surface area (Å²) >= 11 is 0. The van der Waals surface area contributed by atoms with E-state index in [9.17, 15) is 5.11 Å². The number of nitrogens with zero attached hydrogens (tertiary/aromatic N) is 1. The van der Waals surface area contributed by atoms with Crippen LogP contribution >= 0.6 is 0 Å². The van der Waals surface area contributed by atoms with Gasteiger partial charge in [-0.05, 0) is 23.3 Å². The van der Waals surface area contributed by atoms with Crippen molar-refractivity contribution in [2.75, 3.05) is 34.9 Å². The van der Waals surface area contributed by atoms with Gasteiger partial charge in [0.25, 0.3) is 0 Å². The second-order valence-electron chi connectivity index (χ2n) is 7.34. The first-order chi connectivity index (χ1) is 11.5. The van der Waals surface area contributed by atoms with Crippen LogP contribution in [0.4, 0.5) is 0 Å². The van der Waals surface area contributed by atoms with Crippen LogP contribution in [0.3, 0.4) is 0 Å². The molecular weight excluding hydrogens is 302 g/mol. The molecule has 1 N–H and O–H groups in total. The quantitative estimate of drug-likeness (QED) is 0.861. The van der Waals surface area contributed by atoms with Crippen molar-refractivity contribution in [3.8, 4) is 28.4 Å². The fourth-order valence-electron chi connectivity index (χ4n) is 4.38. The highest BCUT2D eigenvalue weighted by molar-refractivity contribution is 5.86. The summed E-state index contributed by atoms with van der Waals surface area (Å²) in [6.45, 7) is 1.09. The van der Waals surface area contributed by atoms with Crippen LogP contribution in [0.25, 0.3) is 11.1 Å². The number of benzene rings is 2. The van der Waals surface area contributed by atoms with E-state index in [0.29, 0.717) is 11.8 Å². The molecule has 0 saturated carbocycles. The molecule has 0 radical (unpaired) electrons. The highest BCUT2D eigenvalue weighted by Gasteiger charge is 2.43. The van der Waals surface area contributed by atoms with Crippen molar-refractivity contribution in [1.82, 2.24) is 0 Å². The number of hydrogen-bond donors (Lipinski definition) is 1. The lowest BCUT2D eigenvalue weighted by Gasteiger charge is -2.46. The standard InChI is InChI=1S/C20H23NO3/c1-21(2)9-8-13-11-16(24-4)20(22)19-17(13)14(21)10-12-6-5-7-15(23-3)18(12)19/h5-7,11,14H,8-10H2,1-4H3/p+1/t14-/m0/s1. The van der Waals surface area contributed by atoms with Gasteiger partial charge in [-0.2, -0.15) is 0 Å². The summed E-state index contributed by atoms with van der Waals surface area (Å²) in [5.74, 6) is 1.59. The molecule has 1 aliphatic carbocycles. The van der Waals surface area contributed by atoms with E-state index in [-0.39, 0.29) is 5.75 Å². The molecule has 0 bridgehead atoms. The van der Waals surface area contributed by atoms with E-state index in [0.717, 1.165) is 40.7 Å². The lowest BCUT2D eigenvalue weighted by Crippen LogP contribution is -2.49. The Morgan fingerprint density at radius 1 is 1.04 bits per heavy atom. The van der Waals surface area contributed by atoms with Crippen LogP contribution in [0.5, 0.6) is 17.2 Å². The normalized spacial score (nSPS) is 20.1. The average molecular weight is 326 g/mol. The van der Waals surface area contributed by atoms with Gasteiger partial charge in [-0.15, -0.1) is 0 Å². The highest BCUT2D eigenvalue weighted by atomic mass is 16.5. The number of phenolic OH excluding ortho intramolecular Hbond substituents is 1. The largest absolute Gasteiger partial charge is 0.504 e. The molecule has 2 aliphatic rings. The van der Waals surface area contributed by atoms with Crippen LogP contribution in [0.15, 0.2) is 24.3 Å². The van der Waals surface area contributed by atoms with Crippen molar-refractivity contribution in [2.24, 2.45) is 0 Å². The molecule has 2 aromatic carbocycles. The van der Waals surface area contributed by atoms with Crippen LogP contribution in [0.2, 0.25) is 0 Å². The fraction of sp³-hybridized carbons (Fsp3) is 0.400. The number of likely N-dealkylation sites (N-methyl/N-ethyl adjacent to an activating group) is 1. The van der Waals surface area contributed by atoms with Gasteiger partial charge in [-0.3, -0.25) is 0 Å². The van der Waals surface area contributed by atoms with Crippen LogP contribution < -0.4 is 9.47 Å². The summed E-state index contributed by atoms with van der Waals surface area (Å²) < 4.78 is 12.0. The molecule has 2 aromatic rings. The summed E-state index contributed by atoms with van der Waals surface area (Å²) in [6, 6.07) is 8.51. The lowest BCUT2D eigenvalue weighted by molar-refractivity contribution is -0.923. The molecule has 4 rings (SSSR count). The van der Waals surface area contributed by atoms with Crippen molar-refractivity contribution in [1.29, 1.82) is 0 Å². The number of hydrogen-bond acceptors (Lipinski definition) is 3. The molecule has 0 amide bonds. The molecular formula is C20H24NO3+. The summed E-state index contributed by atoms with van der Waals surface area (Å²) in [5, 5.41) is 10.9. The van der Waals surface area contributed by atoms with E-state index >= 15 is 0 Å². The minimum atomic E-state index is 0.230. The number of phenols is 1. The number of rotatable bonds is 2. The molecule has 0 fully saturated rings. The topological polar surface area (TPSA) is 38.7 Å². The Labute approximate surface area is 142 Å². The molecule has 0 spiro atoms. The second-order valence-corrected chi connectivity index (χ2v) is 7.34. The maximum Gasteiger partial charge on any atom is 0.166 e. The van der Waals surface area contributed by atoms with Crippen molar-refractivity contribution >= 4 is 0 Å². The van der Waals surface area contributed by atoms with E-state index in [2.05, 4.69) is 20.2 Å². The molecule has 0 aromatic heterocycles. The fourth-order valence-corrected chi connectivity index (χ4v) is 4.38. The molecule has 126 valence electrons. The molecule has 1 atom stereocenters. The summed E-state index contributed by atoms with van der Waals surface area (Å²) in [5.41, 5.74) is 5.71. The van der Waals surface area contributed by atoms with Crippen LogP contribution in [-0.4, -0.2) is 44.4 Å². The van der Waals surface area contributed by atoms with E-state index in [1.807, 2.05) is 18.2 Å². The third-order valence-electron chi connectivity index (χ3n) is 5.74. The van der Waals surface area contributed by atoms with Crippen LogP contribution in [0.1, 0.15) is 22.7 Å². The van der Waals surface area contributed by atoms with Gasteiger partial charge in [0.2, 0.25) is 0 Å². The number of methoxy groups -OCH3 is 2. The van der Waals surface area contributed by atoms with Crippen molar-refractivity contribution < 1.29 is 19.1 Å². The Kier molecular flexibility index (Phi) is 3.29. The van der Waals surface area contributed by atoms with E-state index in [4.69, 9.17) is 9.47 Å². The molecule has 0 unspecified atom stereocenters. The van der Waals surface area contributed by atoms with Gasteiger partial charge in [0.15, 0.2) is 11.5 Å². The molecule has 4 heteroatoms. The van der Waals surface area contributed by atoms with Crippen molar-refractivity contribution in [3.63, 3.8) is 0 Å². The zero-order chi connectivity index (χ0) is 17.1. The van der Waals surface area contributed by atoms with Crippen LogP contribution in [0, 0.1) is 0 Å². The molecule has 24 heavy (non-hydrogen) atoms. The van der Waals surface area contributed by atoms with Crippen molar-refractivity contribution in [2.45, 2.75) is 18.9 Å². The van der Waals surface area contributed by atoms with Gasteiger partial charge in [0.05, 0.1) is 34.9 Å². The molecule has 1 aliphatic heterocycles. The summed E-state index contributed by atoms with van der Waals surface area (Å²) in [7, 11) is 7.86. The average Bonchev–Trinajstić information content (AvgIpc) is 2.58. The predicted molar refractivity (Wildman–Crippen MR) is 93.8 cm³/mol. The third kappa shape index (κ3) is 1.96. The monoisotopic (exact) mass is 326 g/mol. The van der Waals surface area contributed by atoms with E-state index in [1.54, 1.807) is 14.2 Å². The molecule has 0 saturated heterocycles. The van der Waals surface area contributed by atoms with E-state index in [1.165, 1.54) is 16.7 Å². The molecule has 4 nitrogen and oxygen atoms in total. The minimum Gasteiger partial charge on any atom is -0.504 e. The van der Waals surface area contributed by atoms with E-state index < -0.39 is 0 Å². The van der Waals surface area contributed by atoms with Gasteiger partial charge in [0, 0.05) is 29.5 Å². The smallest absolute Gasteiger partial charge is 0.166 e. The molecule has 1 heterocycles. The first kappa shape index (κ1) is 15.3. The minimum absolute atomic E-state index is 0.230. The number of fused-ring (bicyclic) bond motifs is 2. The predicted octanol–water partition coefficient (Wildman–Crippen LogP) is 3.31. The van der Waals surface area contributed by atoms with Gasteiger partial charge in [0.1, 0.15) is 11.8 Å². The van der Waals surface area contributed by atoms with Gasteiger partial charge >= 0.3 is 0 Å².